The molecule has 0 spiro atoms. The molecular weight excluding hydrogens is 252 g/mol. The van der Waals surface area contributed by atoms with Gasteiger partial charge >= 0.3 is 5.97 Å². The molecule has 1 fully saturated rings. The lowest BCUT2D eigenvalue weighted by atomic mass is 9.83. The molecule has 0 unspecified atom stereocenters. The predicted octanol–water partition coefficient (Wildman–Crippen LogP) is 3.99. The van der Waals surface area contributed by atoms with Crippen molar-refractivity contribution in [3.8, 4) is 5.75 Å². The Bertz CT molecular complexity index is 454. The van der Waals surface area contributed by atoms with Crippen molar-refractivity contribution >= 4 is 12.0 Å². The molecule has 1 aromatic rings. The molecule has 0 saturated heterocycles. The van der Waals surface area contributed by atoms with E-state index in [1.54, 1.807) is 6.08 Å². The normalized spacial score (nSPS) is 22.9. The molecule has 1 N–H and O–H groups in total. The fraction of sp³-hybridized carbons (Fsp3) is 0.471. The molecule has 20 heavy (non-hydrogen) atoms. The first-order valence-electron chi connectivity index (χ1n) is 7.27. The van der Waals surface area contributed by atoms with E-state index in [9.17, 15) is 4.79 Å². The number of ether oxygens (including phenoxy) is 1. The Morgan fingerprint density at radius 1 is 1.25 bits per heavy atom. The summed E-state index contributed by atoms with van der Waals surface area (Å²) in [6, 6.07) is 7.54. The van der Waals surface area contributed by atoms with E-state index >= 15 is 0 Å². The van der Waals surface area contributed by atoms with Gasteiger partial charge < -0.3 is 9.84 Å². The van der Waals surface area contributed by atoms with E-state index in [1.165, 1.54) is 25.7 Å². The van der Waals surface area contributed by atoms with Crippen LogP contribution >= 0.6 is 0 Å². The standard InChI is InChI=1S/C17H22O3/c1-13-2-4-15(5-3-13)12-20-16-9-6-14(7-10-16)8-11-17(18)19/h6-11,13,15H,2-5,12H2,1H3,(H,18,19)/b11-8+. The lowest BCUT2D eigenvalue weighted by Gasteiger charge is -2.26. The molecule has 0 amide bonds. The van der Waals surface area contributed by atoms with Gasteiger partial charge in [-0.3, -0.25) is 0 Å². The summed E-state index contributed by atoms with van der Waals surface area (Å²) in [5.74, 6) is 1.47. The number of aliphatic carboxylic acids is 1. The van der Waals surface area contributed by atoms with E-state index in [0.29, 0.717) is 5.92 Å². The number of carbonyl (C=O) groups is 1. The van der Waals surface area contributed by atoms with Crippen molar-refractivity contribution in [3.05, 3.63) is 35.9 Å². The zero-order chi connectivity index (χ0) is 14.4. The Morgan fingerprint density at radius 2 is 1.90 bits per heavy atom. The zero-order valence-electron chi connectivity index (χ0n) is 11.9. The van der Waals surface area contributed by atoms with Crippen LogP contribution < -0.4 is 4.74 Å². The maximum atomic E-state index is 10.4. The lowest BCUT2D eigenvalue weighted by Crippen LogP contribution is -2.18. The van der Waals surface area contributed by atoms with Gasteiger partial charge in [0, 0.05) is 6.08 Å². The van der Waals surface area contributed by atoms with E-state index in [-0.39, 0.29) is 0 Å². The van der Waals surface area contributed by atoms with Crippen LogP contribution in [0.4, 0.5) is 0 Å². The second-order valence-electron chi connectivity index (χ2n) is 5.68. The first-order chi connectivity index (χ1) is 9.63. The number of carboxylic acids is 1. The Kier molecular flexibility index (Phi) is 5.22. The van der Waals surface area contributed by atoms with Gasteiger partial charge in [-0.05, 0) is 48.4 Å². The van der Waals surface area contributed by atoms with Crippen molar-refractivity contribution in [3.63, 3.8) is 0 Å². The summed E-state index contributed by atoms with van der Waals surface area (Å²) in [7, 11) is 0. The van der Waals surface area contributed by atoms with Crippen molar-refractivity contribution in [1.82, 2.24) is 0 Å². The van der Waals surface area contributed by atoms with Crippen LogP contribution in [0.2, 0.25) is 0 Å². The molecule has 0 aliphatic heterocycles. The molecule has 1 aliphatic rings. The summed E-state index contributed by atoms with van der Waals surface area (Å²) >= 11 is 0. The lowest BCUT2D eigenvalue weighted by molar-refractivity contribution is -0.131. The first-order valence-corrected chi connectivity index (χ1v) is 7.27. The number of hydrogen-bond acceptors (Lipinski definition) is 2. The molecule has 0 heterocycles. The minimum absolute atomic E-state index is 0.679. The highest BCUT2D eigenvalue weighted by Crippen LogP contribution is 2.28. The highest BCUT2D eigenvalue weighted by atomic mass is 16.5. The Balaban J connectivity index is 1.80. The molecule has 2 rings (SSSR count). The monoisotopic (exact) mass is 274 g/mol. The van der Waals surface area contributed by atoms with Crippen LogP contribution in [0.15, 0.2) is 30.3 Å². The van der Waals surface area contributed by atoms with Crippen LogP contribution in [0.1, 0.15) is 38.2 Å². The second kappa shape index (κ2) is 7.13. The van der Waals surface area contributed by atoms with Gasteiger partial charge in [0.05, 0.1) is 6.61 Å². The summed E-state index contributed by atoms with van der Waals surface area (Å²) in [4.78, 5) is 10.4. The number of carboxylic acid groups (broad SMARTS) is 1. The average Bonchev–Trinajstić information content (AvgIpc) is 2.45. The summed E-state index contributed by atoms with van der Waals surface area (Å²) < 4.78 is 5.82. The topological polar surface area (TPSA) is 46.5 Å². The molecule has 0 aromatic heterocycles. The van der Waals surface area contributed by atoms with Gasteiger partial charge in [0.2, 0.25) is 0 Å². The summed E-state index contributed by atoms with van der Waals surface area (Å²) in [5.41, 5.74) is 0.867. The summed E-state index contributed by atoms with van der Waals surface area (Å²) in [6.07, 6.45) is 7.87. The van der Waals surface area contributed by atoms with Crippen LogP contribution in [-0.4, -0.2) is 17.7 Å². The van der Waals surface area contributed by atoms with Crippen LogP contribution in [0.25, 0.3) is 6.08 Å². The fourth-order valence-electron chi connectivity index (χ4n) is 2.55. The minimum atomic E-state index is -0.933. The highest BCUT2D eigenvalue weighted by Gasteiger charge is 2.18. The molecule has 1 aliphatic carbocycles. The van der Waals surface area contributed by atoms with Crippen molar-refractivity contribution in [1.29, 1.82) is 0 Å². The van der Waals surface area contributed by atoms with Crippen molar-refractivity contribution in [2.24, 2.45) is 11.8 Å². The van der Waals surface area contributed by atoms with Crippen molar-refractivity contribution < 1.29 is 14.6 Å². The Labute approximate surface area is 120 Å². The molecule has 0 bridgehead atoms. The number of rotatable bonds is 5. The molecule has 1 aromatic carbocycles. The maximum absolute atomic E-state index is 10.4. The van der Waals surface area contributed by atoms with Gasteiger partial charge in [-0.25, -0.2) is 4.79 Å². The molecule has 3 heteroatoms. The van der Waals surface area contributed by atoms with E-state index in [4.69, 9.17) is 9.84 Å². The van der Waals surface area contributed by atoms with Gasteiger partial charge in [-0.1, -0.05) is 31.9 Å². The third-order valence-electron chi connectivity index (χ3n) is 3.92. The molecule has 1 saturated carbocycles. The van der Waals surface area contributed by atoms with E-state index in [1.807, 2.05) is 24.3 Å². The predicted molar refractivity (Wildman–Crippen MR) is 79.7 cm³/mol. The Morgan fingerprint density at radius 3 is 2.50 bits per heavy atom. The quantitative estimate of drug-likeness (QED) is 0.826. The first kappa shape index (κ1) is 14.6. The number of benzene rings is 1. The van der Waals surface area contributed by atoms with Gasteiger partial charge in [-0.2, -0.15) is 0 Å². The van der Waals surface area contributed by atoms with Gasteiger partial charge in [0.25, 0.3) is 0 Å². The Hall–Kier alpha value is -1.77. The molecule has 3 nitrogen and oxygen atoms in total. The van der Waals surface area contributed by atoms with E-state index in [2.05, 4.69) is 6.92 Å². The van der Waals surface area contributed by atoms with Crippen molar-refractivity contribution in [2.45, 2.75) is 32.6 Å². The SMILES string of the molecule is CC1CCC(COc2ccc(/C=C/C(=O)O)cc2)CC1. The van der Waals surface area contributed by atoms with Gasteiger partial charge in [-0.15, -0.1) is 0 Å². The second-order valence-corrected chi connectivity index (χ2v) is 5.68. The van der Waals surface area contributed by atoms with Gasteiger partial charge in [0.1, 0.15) is 5.75 Å². The minimum Gasteiger partial charge on any atom is -0.493 e. The average molecular weight is 274 g/mol. The zero-order valence-corrected chi connectivity index (χ0v) is 11.9. The summed E-state index contributed by atoms with van der Waals surface area (Å²) in [6.45, 7) is 3.11. The summed E-state index contributed by atoms with van der Waals surface area (Å²) in [5, 5.41) is 8.56. The van der Waals surface area contributed by atoms with Gasteiger partial charge in [0.15, 0.2) is 0 Å². The third-order valence-corrected chi connectivity index (χ3v) is 3.92. The smallest absolute Gasteiger partial charge is 0.328 e. The largest absolute Gasteiger partial charge is 0.493 e. The maximum Gasteiger partial charge on any atom is 0.328 e. The number of hydrogen-bond donors (Lipinski definition) is 1. The van der Waals surface area contributed by atoms with Crippen LogP contribution in [0.3, 0.4) is 0 Å². The molecular formula is C17H22O3. The van der Waals surface area contributed by atoms with Crippen LogP contribution in [-0.2, 0) is 4.79 Å². The molecule has 108 valence electrons. The third kappa shape index (κ3) is 4.72. The van der Waals surface area contributed by atoms with Crippen LogP contribution in [0, 0.1) is 11.8 Å². The van der Waals surface area contributed by atoms with E-state index in [0.717, 1.165) is 29.9 Å². The highest BCUT2D eigenvalue weighted by molar-refractivity contribution is 5.85. The molecule has 0 atom stereocenters. The van der Waals surface area contributed by atoms with Crippen molar-refractivity contribution in [2.75, 3.05) is 6.61 Å². The molecule has 0 radical (unpaired) electrons. The van der Waals surface area contributed by atoms with E-state index < -0.39 is 5.97 Å². The fourth-order valence-corrected chi connectivity index (χ4v) is 2.55. The van der Waals surface area contributed by atoms with Crippen LogP contribution in [0.5, 0.6) is 5.75 Å².